The van der Waals surface area contributed by atoms with Gasteiger partial charge in [0.05, 0.1) is 30.0 Å². The van der Waals surface area contributed by atoms with Gasteiger partial charge < -0.3 is 24.8 Å². The summed E-state index contributed by atoms with van der Waals surface area (Å²) in [4.78, 5) is 13.7. The number of carbonyl (C=O) groups excluding carboxylic acids is 1. The third-order valence-electron chi connectivity index (χ3n) is 6.35. The van der Waals surface area contributed by atoms with Crippen molar-refractivity contribution in [2.24, 2.45) is 0 Å². The second kappa shape index (κ2) is 11.2. The molecule has 200 valence electrons. The first-order valence-corrected chi connectivity index (χ1v) is 12.9. The van der Waals surface area contributed by atoms with Crippen LogP contribution in [-0.2, 0) is 11.4 Å². The number of para-hydroxylation sites is 2. The largest absolute Gasteiger partial charge is 0.495 e. The molecule has 4 aromatic rings. The van der Waals surface area contributed by atoms with Gasteiger partial charge in [-0.1, -0.05) is 47.1 Å². The zero-order chi connectivity index (χ0) is 27.5. The lowest BCUT2D eigenvalue weighted by Crippen LogP contribution is -2.31. The first-order chi connectivity index (χ1) is 18.9. The summed E-state index contributed by atoms with van der Waals surface area (Å²) in [6, 6.07) is 18.4. The number of carbonyl (C=O) groups is 1. The second-order valence-electron chi connectivity index (χ2n) is 8.98. The Morgan fingerprint density at radius 1 is 1.05 bits per heavy atom. The van der Waals surface area contributed by atoms with E-state index in [0.29, 0.717) is 51.2 Å². The Bertz CT molecular complexity index is 1570. The number of amides is 1. The van der Waals surface area contributed by atoms with Crippen LogP contribution in [0, 0.1) is 6.92 Å². The van der Waals surface area contributed by atoms with Crippen LogP contribution < -0.4 is 24.8 Å². The fourth-order valence-corrected chi connectivity index (χ4v) is 5.12. The summed E-state index contributed by atoms with van der Waals surface area (Å²) in [7, 11) is 3.13. The standard InChI is InChI=1S/C28H27BrN6O4/c1-16-8-7-9-18(12-16)15-39-26-20(29)13-19(14-23(26)38-4)25-24(17(2)30-28-32-33-34-35(25)28)27(36)31-21-10-5-6-11-22(21)37-3/h5-14,25H,15H2,1-4H3,(H,31,36)(H,30,32,34). The Morgan fingerprint density at radius 2 is 1.85 bits per heavy atom. The highest BCUT2D eigenvalue weighted by atomic mass is 79.9. The maximum atomic E-state index is 13.7. The average Bonchev–Trinajstić information content (AvgIpc) is 3.39. The Balaban J connectivity index is 1.52. The van der Waals surface area contributed by atoms with Crippen molar-refractivity contribution < 1.29 is 19.0 Å². The average molecular weight is 591 g/mol. The molecule has 0 saturated carbocycles. The number of tetrazole rings is 1. The van der Waals surface area contributed by atoms with Crippen molar-refractivity contribution in [1.82, 2.24) is 20.2 Å². The number of methoxy groups -OCH3 is 2. The summed E-state index contributed by atoms with van der Waals surface area (Å²) in [5, 5.41) is 18.2. The van der Waals surface area contributed by atoms with E-state index in [2.05, 4.69) is 48.2 Å². The zero-order valence-electron chi connectivity index (χ0n) is 21.9. The first-order valence-electron chi connectivity index (χ1n) is 12.2. The quantitative estimate of drug-likeness (QED) is 0.285. The van der Waals surface area contributed by atoms with Gasteiger partial charge >= 0.3 is 0 Å². The lowest BCUT2D eigenvalue weighted by molar-refractivity contribution is -0.113. The number of fused-ring (bicyclic) bond motifs is 1. The lowest BCUT2D eigenvalue weighted by Gasteiger charge is -2.28. The van der Waals surface area contributed by atoms with Crippen molar-refractivity contribution in [1.29, 1.82) is 0 Å². The molecular formula is C28H27BrN6O4. The van der Waals surface area contributed by atoms with Gasteiger partial charge in [-0.05, 0) is 75.6 Å². The fraction of sp³-hybridized carbons (Fsp3) is 0.214. The predicted molar refractivity (Wildman–Crippen MR) is 150 cm³/mol. The number of ether oxygens (including phenoxy) is 3. The predicted octanol–water partition coefficient (Wildman–Crippen LogP) is 5.27. The minimum absolute atomic E-state index is 0.328. The molecule has 1 unspecified atom stereocenters. The van der Waals surface area contributed by atoms with E-state index in [1.54, 1.807) is 31.0 Å². The normalized spacial score (nSPS) is 14.3. The van der Waals surface area contributed by atoms with E-state index in [4.69, 9.17) is 14.2 Å². The highest BCUT2D eigenvalue weighted by Crippen LogP contribution is 2.43. The number of aryl methyl sites for hydroxylation is 1. The molecular weight excluding hydrogens is 564 g/mol. The molecule has 0 fully saturated rings. The van der Waals surface area contributed by atoms with Crippen molar-refractivity contribution in [2.45, 2.75) is 26.5 Å². The monoisotopic (exact) mass is 590 g/mol. The number of halogens is 1. The minimum atomic E-state index is -0.651. The Hall–Kier alpha value is -4.38. The molecule has 1 atom stereocenters. The molecule has 1 amide bonds. The topological polar surface area (TPSA) is 112 Å². The van der Waals surface area contributed by atoms with Crippen molar-refractivity contribution in [3.05, 3.63) is 93.1 Å². The number of nitrogens with one attached hydrogen (secondary N) is 2. The number of hydrogen-bond donors (Lipinski definition) is 2. The van der Waals surface area contributed by atoms with Gasteiger partial charge in [-0.2, -0.15) is 4.68 Å². The smallest absolute Gasteiger partial charge is 0.255 e. The van der Waals surface area contributed by atoms with Crippen molar-refractivity contribution in [2.75, 3.05) is 24.9 Å². The SMILES string of the molecule is COc1ccccc1NC(=O)C1=C(C)Nc2nnnn2C1c1cc(Br)c(OCc2cccc(C)c2)c(OC)c1. The van der Waals surface area contributed by atoms with Crippen molar-refractivity contribution >= 4 is 33.5 Å². The van der Waals surface area contributed by atoms with Crippen LogP contribution in [0.3, 0.4) is 0 Å². The van der Waals surface area contributed by atoms with E-state index in [0.717, 1.165) is 16.7 Å². The van der Waals surface area contributed by atoms with Gasteiger partial charge in [0, 0.05) is 5.70 Å². The van der Waals surface area contributed by atoms with Gasteiger partial charge in [-0.3, -0.25) is 4.79 Å². The summed E-state index contributed by atoms with van der Waals surface area (Å²) < 4.78 is 19.5. The molecule has 11 heteroatoms. The van der Waals surface area contributed by atoms with Gasteiger partial charge in [0.25, 0.3) is 5.91 Å². The van der Waals surface area contributed by atoms with E-state index in [1.807, 2.05) is 56.3 Å². The molecule has 1 aliphatic heterocycles. The summed E-state index contributed by atoms with van der Waals surface area (Å²) >= 11 is 3.65. The molecule has 0 bridgehead atoms. The molecule has 3 aromatic carbocycles. The molecule has 2 heterocycles. The number of aromatic nitrogens is 4. The number of nitrogens with zero attached hydrogens (tertiary/aromatic N) is 4. The van der Waals surface area contributed by atoms with E-state index >= 15 is 0 Å². The number of benzene rings is 3. The highest BCUT2D eigenvalue weighted by Gasteiger charge is 2.35. The van der Waals surface area contributed by atoms with E-state index in [-0.39, 0.29) is 5.91 Å². The molecule has 5 rings (SSSR count). The maximum absolute atomic E-state index is 13.7. The van der Waals surface area contributed by atoms with Crippen molar-refractivity contribution in [3.63, 3.8) is 0 Å². The summed E-state index contributed by atoms with van der Waals surface area (Å²) in [5.74, 6) is 1.69. The molecule has 2 N–H and O–H groups in total. The Kier molecular flexibility index (Phi) is 7.51. The zero-order valence-corrected chi connectivity index (χ0v) is 23.4. The molecule has 39 heavy (non-hydrogen) atoms. The minimum Gasteiger partial charge on any atom is -0.495 e. The van der Waals surface area contributed by atoms with E-state index in [1.165, 1.54) is 0 Å². The third-order valence-corrected chi connectivity index (χ3v) is 6.94. The van der Waals surface area contributed by atoms with Crippen LogP contribution in [0.1, 0.15) is 29.7 Å². The van der Waals surface area contributed by atoms with Gasteiger partial charge in [-0.15, -0.1) is 0 Å². The molecule has 1 aromatic heterocycles. The van der Waals surface area contributed by atoms with Crippen LogP contribution in [0.25, 0.3) is 0 Å². The van der Waals surface area contributed by atoms with E-state index in [9.17, 15) is 4.79 Å². The third kappa shape index (κ3) is 5.30. The molecule has 10 nitrogen and oxygen atoms in total. The maximum Gasteiger partial charge on any atom is 0.255 e. The molecule has 1 aliphatic rings. The number of allylic oxidation sites excluding steroid dienone is 1. The lowest BCUT2D eigenvalue weighted by atomic mass is 9.94. The summed E-state index contributed by atoms with van der Waals surface area (Å²) in [6.07, 6.45) is 0. The van der Waals surface area contributed by atoms with Gasteiger partial charge in [0.2, 0.25) is 5.95 Å². The number of anilines is 2. The van der Waals surface area contributed by atoms with Gasteiger partial charge in [0.15, 0.2) is 11.5 Å². The van der Waals surface area contributed by atoms with Crippen LogP contribution in [-0.4, -0.2) is 40.3 Å². The molecule has 0 aliphatic carbocycles. The number of rotatable bonds is 8. The summed E-state index contributed by atoms with van der Waals surface area (Å²) in [5.41, 5.74) is 4.51. The Labute approximate surface area is 234 Å². The van der Waals surface area contributed by atoms with Crippen LogP contribution in [0.4, 0.5) is 11.6 Å². The van der Waals surface area contributed by atoms with Crippen molar-refractivity contribution in [3.8, 4) is 17.2 Å². The highest BCUT2D eigenvalue weighted by molar-refractivity contribution is 9.10. The fourth-order valence-electron chi connectivity index (χ4n) is 4.55. The van der Waals surface area contributed by atoms with Crippen LogP contribution >= 0.6 is 15.9 Å². The molecule has 0 spiro atoms. The van der Waals surface area contributed by atoms with Crippen LogP contribution in [0.15, 0.2) is 76.4 Å². The number of hydrogen-bond acceptors (Lipinski definition) is 8. The van der Waals surface area contributed by atoms with Gasteiger partial charge in [-0.25, -0.2) is 0 Å². The molecule has 0 saturated heterocycles. The second-order valence-corrected chi connectivity index (χ2v) is 9.83. The Morgan fingerprint density at radius 3 is 2.62 bits per heavy atom. The van der Waals surface area contributed by atoms with Crippen LogP contribution in [0.2, 0.25) is 0 Å². The summed E-state index contributed by atoms with van der Waals surface area (Å²) in [6.45, 7) is 4.22. The van der Waals surface area contributed by atoms with Gasteiger partial charge in [0.1, 0.15) is 18.4 Å². The molecule has 0 radical (unpaired) electrons. The first kappa shape index (κ1) is 26.2. The van der Waals surface area contributed by atoms with Crippen LogP contribution in [0.5, 0.6) is 17.2 Å². The van der Waals surface area contributed by atoms with E-state index < -0.39 is 6.04 Å².